The van der Waals surface area contributed by atoms with E-state index in [-0.39, 0.29) is 0 Å². The van der Waals surface area contributed by atoms with E-state index in [1.54, 1.807) is 0 Å². The SMILES string of the molecule is COC1CCCN(CC(C)CS)C1. The lowest BCUT2D eigenvalue weighted by atomic mass is 10.1. The quantitative estimate of drug-likeness (QED) is 0.698. The van der Waals surface area contributed by atoms with Gasteiger partial charge in [-0.05, 0) is 31.1 Å². The number of rotatable bonds is 4. The number of piperidine rings is 1. The maximum Gasteiger partial charge on any atom is 0.0698 e. The molecule has 1 heterocycles. The first kappa shape index (κ1) is 11.3. The molecule has 13 heavy (non-hydrogen) atoms. The van der Waals surface area contributed by atoms with Crippen molar-refractivity contribution in [2.24, 2.45) is 5.92 Å². The van der Waals surface area contributed by atoms with Crippen LogP contribution in [0.3, 0.4) is 0 Å². The summed E-state index contributed by atoms with van der Waals surface area (Å²) in [5.41, 5.74) is 0. The molecule has 0 aromatic heterocycles. The zero-order chi connectivity index (χ0) is 9.68. The smallest absolute Gasteiger partial charge is 0.0698 e. The van der Waals surface area contributed by atoms with Crippen LogP contribution in [0.5, 0.6) is 0 Å². The fourth-order valence-electron chi connectivity index (χ4n) is 1.87. The number of ether oxygens (including phenoxy) is 1. The average molecular weight is 203 g/mol. The van der Waals surface area contributed by atoms with Crippen molar-refractivity contribution in [2.75, 3.05) is 32.5 Å². The molecule has 3 heteroatoms. The van der Waals surface area contributed by atoms with Crippen molar-refractivity contribution in [1.82, 2.24) is 4.90 Å². The lowest BCUT2D eigenvalue weighted by Gasteiger charge is -2.33. The molecule has 0 spiro atoms. The van der Waals surface area contributed by atoms with Crippen LogP contribution in [0.1, 0.15) is 19.8 Å². The second kappa shape index (κ2) is 5.89. The molecule has 0 amide bonds. The third kappa shape index (κ3) is 3.88. The predicted octanol–water partition coefficient (Wildman–Crippen LogP) is 1.66. The van der Waals surface area contributed by atoms with Crippen LogP contribution in [0.25, 0.3) is 0 Å². The number of likely N-dealkylation sites (tertiary alicyclic amines) is 1. The maximum absolute atomic E-state index is 5.38. The van der Waals surface area contributed by atoms with E-state index < -0.39 is 0 Å². The van der Waals surface area contributed by atoms with Crippen molar-refractivity contribution in [3.63, 3.8) is 0 Å². The van der Waals surface area contributed by atoms with Gasteiger partial charge in [-0.15, -0.1) is 0 Å². The van der Waals surface area contributed by atoms with Crippen LogP contribution in [0, 0.1) is 5.92 Å². The van der Waals surface area contributed by atoms with Crippen LogP contribution < -0.4 is 0 Å². The van der Waals surface area contributed by atoms with E-state index in [1.807, 2.05) is 7.11 Å². The molecule has 0 aromatic carbocycles. The lowest BCUT2D eigenvalue weighted by molar-refractivity contribution is 0.0278. The summed E-state index contributed by atoms with van der Waals surface area (Å²) < 4.78 is 5.38. The summed E-state index contributed by atoms with van der Waals surface area (Å²) in [6, 6.07) is 0. The van der Waals surface area contributed by atoms with Crippen molar-refractivity contribution in [1.29, 1.82) is 0 Å². The Hall–Kier alpha value is 0.270. The molecule has 0 aromatic rings. The Kier molecular flexibility index (Phi) is 5.14. The minimum atomic E-state index is 0.459. The summed E-state index contributed by atoms with van der Waals surface area (Å²) in [4.78, 5) is 2.50. The standard InChI is InChI=1S/C10H21NOS/c1-9(8-13)6-11-5-3-4-10(7-11)12-2/h9-10,13H,3-8H2,1-2H3. The Morgan fingerprint density at radius 2 is 2.38 bits per heavy atom. The Morgan fingerprint density at radius 3 is 3.00 bits per heavy atom. The van der Waals surface area contributed by atoms with Gasteiger partial charge in [0.25, 0.3) is 0 Å². The summed E-state index contributed by atoms with van der Waals surface area (Å²) in [6.07, 6.45) is 2.96. The number of methoxy groups -OCH3 is 1. The van der Waals surface area contributed by atoms with Crippen LogP contribution in [-0.2, 0) is 4.74 Å². The zero-order valence-corrected chi connectivity index (χ0v) is 9.59. The number of hydrogen-bond acceptors (Lipinski definition) is 3. The van der Waals surface area contributed by atoms with Crippen LogP contribution in [0.4, 0.5) is 0 Å². The Morgan fingerprint density at radius 1 is 1.62 bits per heavy atom. The average Bonchev–Trinajstić information content (AvgIpc) is 2.18. The van der Waals surface area contributed by atoms with E-state index in [0.717, 1.165) is 12.3 Å². The second-order valence-electron chi connectivity index (χ2n) is 4.05. The predicted molar refractivity (Wildman–Crippen MR) is 59.5 cm³/mol. The van der Waals surface area contributed by atoms with Gasteiger partial charge in [-0.2, -0.15) is 12.6 Å². The summed E-state index contributed by atoms with van der Waals surface area (Å²) in [7, 11) is 1.82. The molecule has 1 saturated heterocycles. The van der Waals surface area contributed by atoms with Gasteiger partial charge >= 0.3 is 0 Å². The van der Waals surface area contributed by atoms with Gasteiger partial charge in [0.1, 0.15) is 0 Å². The van der Waals surface area contributed by atoms with E-state index in [9.17, 15) is 0 Å². The molecule has 78 valence electrons. The van der Waals surface area contributed by atoms with Crippen molar-refractivity contribution in [3.05, 3.63) is 0 Å². The van der Waals surface area contributed by atoms with Gasteiger partial charge in [-0.3, -0.25) is 0 Å². The third-order valence-electron chi connectivity index (χ3n) is 2.68. The normalized spacial score (nSPS) is 27.5. The Bertz CT molecular complexity index is 141. The number of nitrogens with zero attached hydrogens (tertiary/aromatic N) is 1. The van der Waals surface area contributed by atoms with E-state index >= 15 is 0 Å². The van der Waals surface area contributed by atoms with Crippen molar-refractivity contribution < 1.29 is 4.74 Å². The van der Waals surface area contributed by atoms with Gasteiger partial charge in [0.15, 0.2) is 0 Å². The number of thiol groups is 1. The molecule has 1 fully saturated rings. The second-order valence-corrected chi connectivity index (χ2v) is 4.41. The zero-order valence-electron chi connectivity index (χ0n) is 8.70. The van der Waals surface area contributed by atoms with Gasteiger partial charge in [0, 0.05) is 20.2 Å². The highest BCUT2D eigenvalue weighted by atomic mass is 32.1. The van der Waals surface area contributed by atoms with Gasteiger partial charge in [-0.1, -0.05) is 6.92 Å². The van der Waals surface area contributed by atoms with E-state index in [2.05, 4.69) is 24.5 Å². The van der Waals surface area contributed by atoms with Crippen molar-refractivity contribution >= 4 is 12.6 Å². The van der Waals surface area contributed by atoms with Crippen LogP contribution in [0.2, 0.25) is 0 Å². The Balaban J connectivity index is 2.25. The van der Waals surface area contributed by atoms with Crippen LogP contribution in [-0.4, -0.2) is 43.5 Å². The highest BCUT2D eigenvalue weighted by Crippen LogP contribution is 2.14. The summed E-state index contributed by atoms with van der Waals surface area (Å²) in [6.45, 7) is 5.76. The molecule has 1 rings (SSSR count). The highest BCUT2D eigenvalue weighted by molar-refractivity contribution is 7.80. The Labute approximate surface area is 87.0 Å². The van der Waals surface area contributed by atoms with Crippen molar-refractivity contribution in [3.8, 4) is 0 Å². The molecule has 0 N–H and O–H groups in total. The fraction of sp³-hybridized carbons (Fsp3) is 1.00. The van der Waals surface area contributed by atoms with Crippen molar-refractivity contribution in [2.45, 2.75) is 25.9 Å². The summed E-state index contributed by atoms with van der Waals surface area (Å²) in [5.74, 6) is 1.67. The molecule has 0 saturated carbocycles. The molecule has 0 aliphatic carbocycles. The first-order valence-corrected chi connectivity index (χ1v) is 5.75. The molecular weight excluding hydrogens is 182 g/mol. The molecule has 0 bridgehead atoms. The first-order valence-electron chi connectivity index (χ1n) is 5.12. The molecule has 1 aliphatic heterocycles. The van der Waals surface area contributed by atoms with Crippen LogP contribution >= 0.6 is 12.6 Å². The van der Waals surface area contributed by atoms with Gasteiger partial charge in [0.2, 0.25) is 0 Å². The molecule has 2 unspecified atom stereocenters. The molecule has 1 aliphatic rings. The topological polar surface area (TPSA) is 12.5 Å². The minimum Gasteiger partial charge on any atom is -0.380 e. The van der Waals surface area contributed by atoms with Gasteiger partial charge < -0.3 is 9.64 Å². The number of hydrogen-bond donors (Lipinski definition) is 1. The minimum absolute atomic E-state index is 0.459. The van der Waals surface area contributed by atoms with E-state index in [0.29, 0.717) is 12.0 Å². The molecule has 0 radical (unpaired) electrons. The van der Waals surface area contributed by atoms with Crippen LogP contribution in [0.15, 0.2) is 0 Å². The highest BCUT2D eigenvalue weighted by Gasteiger charge is 2.19. The van der Waals surface area contributed by atoms with Gasteiger partial charge in [0.05, 0.1) is 6.10 Å². The molecule has 2 atom stereocenters. The maximum atomic E-state index is 5.38. The lowest BCUT2D eigenvalue weighted by Crippen LogP contribution is -2.41. The molecular formula is C10H21NOS. The van der Waals surface area contributed by atoms with Gasteiger partial charge in [-0.25, -0.2) is 0 Å². The fourth-order valence-corrected chi connectivity index (χ4v) is 1.99. The molecule has 2 nitrogen and oxygen atoms in total. The summed E-state index contributed by atoms with van der Waals surface area (Å²) >= 11 is 4.30. The largest absolute Gasteiger partial charge is 0.380 e. The monoisotopic (exact) mass is 203 g/mol. The van der Waals surface area contributed by atoms with E-state index in [4.69, 9.17) is 4.74 Å². The summed E-state index contributed by atoms with van der Waals surface area (Å²) in [5, 5.41) is 0. The first-order chi connectivity index (χ1) is 6.26. The van der Waals surface area contributed by atoms with E-state index in [1.165, 1.54) is 25.9 Å². The third-order valence-corrected chi connectivity index (χ3v) is 3.30.